The Morgan fingerprint density at radius 1 is 1.22 bits per heavy atom. The topological polar surface area (TPSA) is 26.0 Å². The number of aryl methyl sites for hydroxylation is 1. The van der Waals surface area contributed by atoms with Crippen LogP contribution in [0.1, 0.15) is 51.2 Å². The molecule has 0 radical (unpaired) electrons. The average molecular weight is 245 g/mol. The number of fused-ring (bicyclic) bond motifs is 1. The third-order valence-electron chi connectivity index (χ3n) is 4.22. The van der Waals surface area contributed by atoms with Crippen molar-refractivity contribution in [2.24, 2.45) is 17.1 Å². The summed E-state index contributed by atoms with van der Waals surface area (Å²) in [5.74, 6) is 0.683. The summed E-state index contributed by atoms with van der Waals surface area (Å²) in [7, 11) is 0. The predicted octanol–water partition coefficient (Wildman–Crippen LogP) is 3.95. The van der Waals surface area contributed by atoms with Gasteiger partial charge in [-0.05, 0) is 54.6 Å². The van der Waals surface area contributed by atoms with E-state index in [1.807, 2.05) is 0 Å². The zero-order valence-corrected chi connectivity index (χ0v) is 12.1. The molecule has 0 spiro atoms. The molecule has 0 amide bonds. The number of rotatable bonds is 3. The van der Waals surface area contributed by atoms with Crippen LogP contribution in [0.2, 0.25) is 0 Å². The highest BCUT2D eigenvalue weighted by Gasteiger charge is 2.24. The summed E-state index contributed by atoms with van der Waals surface area (Å²) >= 11 is 0. The van der Waals surface area contributed by atoms with Gasteiger partial charge in [0.05, 0.1) is 0 Å². The lowest BCUT2D eigenvalue weighted by atomic mass is 9.77. The first-order chi connectivity index (χ1) is 8.46. The normalized spacial score (nSPS) is 21.4. The van der Waals surface area contributed by atoms with Crippen LogP contribution in [0.3, 0.4) is 0 Å². The van der Waals surface area contributed by atoms with Crippen molar-refractivity contribution in [3.8, 4) is 0 Å². The third-order valence-corrected chi connectivity index (χ3v) is 4.22. The van der Waals surface area contributed by atoms with Crippen molar-refractivity contribution in [3.63, 3.8) is 0 Å². The van der Waals surface area contributed by atoms with Gasteiger partial charge >= 0.3 is 0 Å². The van der Waals surface area contributed by atoms with Gasteiger partial charge in [0.15, 0.2) is 0 Å². The highest BCUT2D eigenvalue weighted by molar-refractivity contribution is 5.29. The van der Waals surface area contributed by atoms with E-state index in [4.69, 9.17) is 5.73 Å². The number of nitrogens with two attached hydrogens (primary N) is 1. The minimum absolute atomic E-state index is 0.373. The monoisotopic (exact) mass is 245 g/mol. The van der Waals surface area contributed by atoms with E-state index in [-0.39, 0.29) is 0 Å². The van der Waals surface area contributed by atoms with Crippen LogP contribution in [0.25, 0.3) is 0 Å². The van der Waals surface area contributed by atoms with Crippen molar-refractivity contribution in [1.82, 2.24) is 0 Å². The Balaban J connectivity index is 1.92. The minimum atomic E-state index is 0.373. The molecule has 1 aliphatic carbocycles. The van der Waals surface area contributed by atoms with Crippen LogP contribution in [0.4, 0.5) is 0 Å². The van der Waals surface area contributed by atoms with Crippen LogP contribution < -0.4 is 5.73 Å². The highest BCUT2D eigenvalue weighted by atomic mass is 14.6. The Bertz CT molecular complexity index is 389. The highest BCUT2D eigenvalue weighted by Crippen LogP contribution is 2.30. The van der Waals surface area contributed by atoms with E-state index in [0.29, 0.717) is 17.4 Å². The summed E-state index contributed by atoms with van der Waals surface area (Å²) in [5.41, 5.74) is 9.89. The maximum absolute atomic E-state index is 6.41. The van der Waals surface area contributed by atoms with Gasteiger partial charge in [-0.15, -0.1) is 0 Å². The second-order valence-electron chi connectivity index (χ2n) is 7.03. The molecule has 1 nitrogen and oxygen atoms in total. The SMILES string of the molecule is CC(C)(C)CCC(N)C1CCc2ccccc2C1. The Hall–Kier alpha value is -0.820. The second-order valence-corrected chi connectivity index (χ2v) is 7.03. The lowest BCUT2D eigenvalue weighted by molar-refractivity contribution is 0.295. The maximum atomic E-state index is 6.41. The number of benzene rings is 1. The molecule has 0 saturated heterocycles. The molecule has 2 rings (SSSR count). The van der Waals surface area contributed by atoms with Crippen molar-refractivity contribution >= 4 is 0 Å². The average Bonchev–Trinajstić information content (AvgIpc) is 2.34. The molecule has 1 aromatic rings. The van der Waals surface area contributed by atoms with Gasteiger partial charge in [0.2, 0.25) is 0 Å². The van der Waals surface area contributed by atoms with Gasteiger partial charge < -0.3 is 5.73 Å². The fourth-order valence-corrected chi connectivity index (χ4v) is 2.93. The summed E-state index contributed by atoms with van der Waals surface area (Å²) in [6.07, 6.45) is 6.05. The molecule has 2 N–H and O–H groups in total. The molecule has 0 fully saturated rings. The fourth-order valence-electron chi connectivity index (χ4n) is 2.93. The first-order valence-corrected chi connectivity index (χ1v) is 7.28. The Morgan fingerprint density at radius 2 is 1.89 bits per heavy atom. The third kappa shape index (κ3) is 3.58. The molecule has 0 heterocycles. The lowest BCUT2D eigenvalue weighted by Crippen LogP contribution is -2.34. The van der Waals surface area contributed by atoms with E-state index in [9.17, 15) is 0 Å². The Morgan fingerprint density at radius 3 is 2.56 bits per heavy atom. The molecule has 0 aliphatic heterocycles. The van der Waals surface area contributed by atoms with Crippen LogP contribution in [-0.2, 0) is 12.8 Å². The van der Waals surface area contributed by atoms with Crippen molar-refractivity contribution < 1.29 is 0 Å². The first-order valence-electron chi connectivity index (χ1n) is 7.28. The van der Waals surface area contributed by atoms with Crippen LogP contribution in [0.15, 0.2) is 24.3 Å². The van der Waals surface area contributed by atoms with Crippen molar-refractivity contribution in [2.75, 3.05) is 0 Å². The minimum Gasteiger partial charge on any atom is -0.327 e. The van der Waals surface area contributed by atoms with E-state index in [1.165, 1.54) is 36.8 Å². The van der Waals surface area contributed by atoms with E-state index in [1.54, 1.807) is 0 Å². The molecule has 2 atom stereocenters. The molecule has 1 aliphatic rings. The van der Waals surface area contributed by atoms with Gasteiger partial charge in [-0.3, -0.25) is 0 Å². The van der Waals surface area contributed by atoms with E-state index >= 15 is 0 Å². The van der Waals surface area contributed by atoms with Gasteiger partial charge in [-0.2, -0.15) is 0 Å². The largest absolute Gasteiger partial charge is 0.327 e. The van der Waals surface area contributed by atoms with Crippen LogP contribution in [0.5, 0.6) is 0 Å². The molecule has 18 heavy (non-hydrogen) atoms. The summed E-state index contributed by atoms with van der Waals surface area (Å²) in [6, 6.07) is 9.22. The quantitative estimate of drug-likeness (QED) is 0.857. The zero-order chi connectivity index (χ0) is 13.2. The number of hydrogen-bond acceptors (Lipinski definition) is 1. The van der Waals surface area contributed by atoms with Crippen LogP contribution in [-0.4, -0.2) is 6.04 Å². The number of hydrogen-bond donors (Lipinski definition) is 1. The van der Waals surface area contributed by atoms with Gasteiger partial charge in [0, 0.05) is 6.04 Å². The first kappa shape index (κ1) is 13.6. The van der Waals surface area contributed by atoms with E-state index < -0.39 is 0 Å². The maximum Gasteiger partial charge on any atom is 0.00706 e. The molecule has 1 heteroatoms. The van der Waals surface area contributed by atoms with Gasteiger partial charge in [0.25, 0.3) is 0 Å². The smallest absolute Gasteiger partial charge is 0.00706 e. The van der Waals surface area contributed by atoms with Crippen molar-refractivity contribution in [3.05, 3.63) is 35.4 Å². The fraction of sp³-hybridized carbons (Fsp3) is 0.647. The van der Waals surface area contributed by atoms with Crippen molar-refractivity contribution in [1.29, 1.82) is 0 Å². The zero-order valence-electron chi connectivity index (χ0n) is 12.1. The van der Waals surface area contributed by atoms with Gasteiger partial charge in [-0.1, -0.05) is 45.0 Å². The predicted molar refractivity (Wildman–Crippen MR) is 78.6 cm³/mol. The van der Waals surface area contributed by atoms with Gasteiger partial charge in [-0.25, -0.2) is 0 Å². The molecule has 1 aromatic carbocycles. The standard InChI is InChI=1S/C17H27N/c1-17(2,3)11-10-16(18)15-9-8-13-6-4-5-7-14(13)12-15/h4-7,15-16H,8-12,18H2,1-3H3. The van der Waals surface area contributed by atoms with Crippen molar-refractivity contribution in [2.45, 2.75) is 58.9 Å². The van der Waals surface area contributed by atoms with E-state index in [2.05, 4.69) is 45.0 Å². The Labute approximate surface area is 112 Å². The molecule has 0 saturated carbocycles. The summed E-state index contributed by atoms with van der Waals surface area (Å²) in [6.45, 7) is 6.90. The van der Waals surface area contributed by atoms with Crippen LogP contribution >= 0.6 is 0 Å². The Kier molecular flexibility index (Phi) is 4.11. The summed E-state index contributed by atoms with van der Waals surface area (Å²) in [4.78, 5) is 0. The van der Waals surface area contributed by atoms with E-state index in [0.717, 1.165) is 6.42 Å². The second kappa shape index (κ2) is 5.44. The molecule has 100 valence electrons. The molecular formula is C17H27N. The van der Waals surface area contributed by atoms with Crippen LogP contribution in [0, 0.1) is 11.3 Å². The molecule has 0 bridgehead atoms. The summed E-state index contributed by atoms with van der Waals surface area (Å²) < 4.78 is 0. The van der Waals surface area contributed by atoms with Gasteiger partial charge in [0.1, 0.15) is 0 Å². The lowest BCUT2D eigenvalue weighted by Gasteiger charge is -2.31. The summed E-state index contributed by atoms with van der Waals surface area (Å²) in [5, 5.41) is 0. The molecule has 0 aromatic heterocycles. The molecular weight excluding hydrogens is 218 g/mol. The molecule has 2 unspecified atom stereocenters.